The molecule has 0 spiro atoms. The fourth-order valence-corrected chi connectivity index (χ4v) is 7.41. The maximum Gasteiger partial charge on any atom is 0.343 e. The second kappa shape index (κ2) is 12.4. The van der Waals surface area contributed by atoms with Crippen LogP contribution in [-0.4, -0.2) is 43.7 Å². The van der Waals surface area contributed by atoms with Crippen molar-refractivity contribution in [3.8, 4) is 11.8 Å². The van der Waals surface area contributed by atoms with Gasteiger partial charge < -0.3 is 9.47 Å². The van der Waals surface area contributed by atoms with Gasteiger partial charge in [-0.05, 0) is 51.1 Å². The van der Waals surface area contributed by atoms with Crippen LogP contribution in [0.2, 0.25) is 0 Å². The van der Waals surface area contributed by atoms with Gasteiger partial charge in [0, 0.05) is 31.1 Å². The first kappa shape index (κ1) is 26.2. The summed E-state index contributed by atoms with van der Waals surface area (Å²) in [7, 11) is 0. The lowest BCUT2D eigenvalue weighted by atomic mass is 9.79. The molecule has 0 N–H and O–H groups in total. The number of esters is 1. The molecule has 2 aromatic carbocycles. The minimum Gasteiger partial charge on any atom is -0.464 e. The van der Waals surface area contributed by atoms with E-state index in [0.29, 0.717) is 13.2 Å². The molecule has 2 aromatic rings. The van der Waals surface area contributed by atoms with Crippen LogP contribution >= 0.6 is 23.5 Å². The summed E-state index contributed by atoms with van der Waals surface area (Å²) in [5.41, 5.74) is -0.223. The standard InChI is InChI=1S/C29H35NO3S2/c1-4-30(5-2)20-11-12-21-33-29(28(31)32-6-3,22-14-7-8-15-22)23-16-13-19-26-27(23)35-25-18-10-9-17-24(25)34-26/h9-10,13,16-19,22H,4-8,14-15,20-21H2,1-3H3. The second-order valence-electron chi connectivity index (χ2n) is 8.82. The van der Waals surface area contributed by atoms with Crippen LogP contribution in [0.15, 0.2) is 62.0 Å². The Bertz CT molecular complexity index is 1080. The van der Waals surface area contributed by atoms with Gasteiger partial charge in [-0.25, -0.2) is 4.79 Å². The van der Waals surface area contributed by atoms with Crippen LogP contribution in [0.1, 0.15) is 52.0 Å². The lowest BCUT2D eigenvalue weighted by molar-refractivity contribution is -0.181. The van der Waals surface area contributed by atoms with Crippen LogP contribution in [-0.2, 0) is 19.9 Å². The Balaban J connectivity index is 1.74. The Labute approximate surface area is 218 Å². The summed E-state index contributed by atoms with van der Waals surface area (Å²) in [6, 6.07) is 14.7. The van der Waals surface area contributed by atoms with Crippen molar-refractivity contribution in [1.82, 2.24) is 4.90 Å². The Morgan fingerprint density at radius 2 is 1.66 bits per heavy atom. The Hall–Kier alpha value is -1.91. The molecule has 1 aliphatic heterocycles. The van der Waals surface area contributed by atoms with E-state index in [4.69, 9.17) is 9.47 Å². The van der Waals surface area contributed by atoms with Crippen molar-refractivity contribution in [2.75, 3.05) is 32.8 Å². The third-order valence-corrected chi connectivity index (χ3v) is 9.48. The van der Waals surface area contributed by atoms with Crippen molar-refractivity contribution in [3.05, 3.63) is 48.0 Å². The zero-order valence-electron chi connectivity index (χ0n) is 21.0. The first-order valence-electron chi connectivity index (χ1n) is 12.7. The molecular formula is C29H35NO3S2. The van der Waals surface area contributed by atoms with E-state index in [1.54, 1.807) is 23.5 Å². The lowest BCUT2D eigenvalue weighted by Crippen LogP contribution is -2.46. The van der Waals surface area contributed by atoms with E-state index in [0.717, 1.165) is 54.1 Å². The lowest BCUT2D eigenvalue weighted by Gasteiger charge is -2.38. The number of hydrogen-bond donors (Lipinski definition) is 0. The van der Waals surface area contributed by atoms with Gasteiger partial charge in [-0.15, -0.1) is 0 Å². The molecule has 4 nitrogen and oxygen atoms in total. The molecule has 0 aromatic heterocycles. The molecule has 0 amide bonds. The Kier molecular flexibility index (Phi) is 9.24. The SMILES string of the molecule is CCOC(=O)C(OCC#CCN(CC)CC)(c1cccc2c1Sc1ccccc1S2)C1CCCC1. The highest BCUT2D eigenvalue weighted by Gasteiger charge is 2.52. The number of carbonyl (C=O) groups excluding carboxylic acids is 1. The quantitative estimate of drug-likeness (QED) is 0.239. The molecule has 6 heteroatoms. The molecule has 1 unspecified atom stereocenters. The zero-order chi connectivity index (χ0) is 24.7. The topological polar surface area (TPSA) is 38.8 Å². The average molecular weight is 510 g/mol. The van der Waals surface area contributed by atoms with Crippen molar-refractivity contribution in [2.45, 2.75) is 71.6 Å². The predicted molar refractivity (Wildman–Crippen MR) is 143 cm³/mol. The molecule has 35 heavy (non-hydrogen) atoms. The summed E-state index contributed by atoms with van der Waals surface area (Å²) in [4.78, 5) is 20.8. The number of rotatable bonds is 9. The molecule has 1 fully saturated rings. The van der Waals surface area contributed by atoms with Crippen molar-refractivity contribution in [1.29, 1.82) is 0 Å². The molecule has 186 valence electrons. The molecule has 1 heterocycles. The van der Waals surface area contributed by atoms with Crippen LogP contribution in [0.4, 0.5) is 0 Å². The van der Waals surface area contributed by atoms with Gasteiger partial charge in [0.1, 0.15) is 6.61 Å². The first-order valence-corrected chi connectivity index (χ1v) is 14.3. The van der Waals surface area contributed by atoms with Gasteiger partial charge in [-0.3, -0.25) is 4.90 Å². The van der Waals surface area contributed by atoms with Gasteiger partial charge in [0.05, 0.1) is 13.2 Å². The van der Waals surface area contributed by atoms with Crippen LogP contribution in [0.5, 0.6) is 0 Å². The fourth-order valence-electron chi connectivity index (χ4n) is 4.98. The fraction of sp³-hybridized carbons (Fsp3) is 0.483. The van der Waals surface area contributed by atoms with Gasteiger partial charge in [-0.2, -0.15) is 0 Å². The van der Waals surface area contributed by atoms with Crippen molar-refractivity contribution in [2.24, 2.45) is 5.92 Å². The molecule has 4 rings (SSSR count). The maximum absolute atomic E-state index is 13.8. The number of nitrogens with zero attached hydrogens (tertiary/aromatic N) is 1. The maximum atomic E-state index is 13.8. The number of carbonyl (C=O) groups is 1. The third kappa shape index (κ3) is 5.59. The van der Waals surface area contributed by atoms with E-state index in [1.165, 1.54) is 9.79 Å². The third-order valence-electron chi connectivity index (χ3n) is 6.86. The number of benzene rings is 2. The van der Waals surface area contributed by atoms with Crippen LogP contribution < -0.4 is 0 Å². The molecule has 0 radical (unpaired) electrons. The van der Waals surface area contributed by atoms with Gasteiger partial charge >= 0.3 is 5.97 Å². The van der Waals surface area contributed by atoms with E-state index < -0.39 is 5.60 Å². The predicted octanol–water partition coefficient (Wildman–Crippen LogP) is 6.61. The minimum atomic E-state index is -1.15. The highest BCUT2D eigenvalue weighted by atomic mass is 32.2. The van der Waals surface area contributed by atoms with Crippen molar-refractivity contribution < 1.29 is 14.3 Å². The molecule has 1 aliphatic carbocycles. The summed E-state index contributed by atoms with van der Waals surface area (Å²) in [5.74, 6) is 6.22. The summed E-state index contributed by atoms with van der Waals surface area (Å²) < 4.78 is 12.4. The van der Waals surface area contributed by atoms with Gasteiger partial charge in [-0.1, -0.05) is 86.3 Å². The largest absolute Gasteiger partial charge is 0.464 e. The molecule has 0 saturated heterocycles. The normalized spacial score (nSPS) is 16.7. The van der Waals surface area contributed by atoms with Gasteiger partial charge in [0.2, 0.25) is 0 Å². The van der Waals surface area contributed by atoms with Crippen molar-refractivity contribution >= 4 is 29.5 Å². The molecular weight excluding hydrogens is 474 g/mol. The summed E-state index contributed by atoms with van der Waals surface area (Å²) in [6.45, 7) is 9.30. The van der Waals surface area contributed by atoms with E-state index in [-0.39, 0.29) is 18.5 Å². The summed E-state index contributed by atoms with van der Waals surface area (Å²) in [5, 5.41) is 0. The summed E-state index contributed by atoms with van der Waals surface area (Å²) >= 11 is 3.49. The second-order valence-corrected chi connectivity index (χ2v) is 11.0. The smallest absolute Gasteiger partial charge is 0.343 e. The van der Waals surface area contributed by atoms with Crippen LogP contribution in [0.25, 0.3) is 0 Å². The highest BCUT2D eigenvalue weighted by molar-refractivity contribution is 8.05. The Morgan fingerprint density at radius 3 is 2.34 bits per heavy atom. The molecule has 1 atom stereocenters. The first-order chi connectivity index (χ1) is 17.1. The van der Waals surface area contributed by atoms with E-state index in [1.807, 2.05) is 13.0 Å². The number of ether oxygens (including phenoxy) is 2. The molecule has 1 saturated carbocycles. The van der Waals surface area contributed by atoms with Gasteiger partial charge in [0.25, 0.3) is 0 Å². The van der Waals surface area contributed by atoms with E-state index >= 15 is 0 Å². The van der Waals surface area contributed by atoms with Crippen LogP contribution in [0, 0.1) is 17.8 Å². The van der Waals surface area contributed by atoms with E-state index in [2.05, 4.69) is 67.0 Å². The van der Waals surface area contributed by atoms with E-state index in [9.17, 15) is 4.79 Å². The van der Waals surface area contributed by atoms with Crippen molar-refractivity contribution in [3.63, 3.8) is 0 Å². The summed E-state index contributed by atoms with van der Waals surface area (Å²) in [6.07, 6.45) is 4.10. The average Bonchev–Trinajstić information content (AvgIpc) is 3.43. The number of fused-ring (bicyclic) bond motifs is 2. The van der Waals surface area contributed by atoms with Gasteiger partial charge in [0.15, 0.2) is 5.60 Å². The molecule has 0 bridgehead atoms. The minimum absolute atomic E-state index is 0.0698. The molecule has 2 aliphatic rings. The monoisotopic (exact) mass is 509 g/mol. The zero-order valence-corrected chi connectivity index (χ0v) is 22.6. The van der Waals surface area contributed by atoms with Crippen LogP contribution in [0.3, 0.4) is 0 Å². The number of hydrogen-bond acceptors (Lipinski definition) is 6. The Morgan fingerprint density at radius 1 is 0.971 bits per heavy atom. The highest BCUT2D eigenvalue weighted by Crippen LogP contribution is 2.54.